The van der Waals surface area contributed by atoms with Crippen LogP contribution in [0, 0.1) is 11.8 Å². The van der Waals surface area contributed by atoms with Crippen molar-refractivity contribution in [1.29, 1.82) is 0 Å². The molecule has 0 radical (unpaired) electrons. The molecular formula is C19H16O5. The first-order chi connectivity index (χ1) is 11.7. The summed E-state index contributed by atoms with van der Waals surface area (Å²) in [7, 11) is 0. The molecule has 122 valence electrons. The molecule has 5 rings (SSSR count). The minimum atomic E-state index is -0.745. The van der Waals surface area contributed by atoms with Crippen LogP contribution in [0.25, 0.3) is 0 Å². The zero-order valence-corrected chi connectivity index (χ0v) is 12.8. The highest BCUT2D eigenvalue weighted by Crippen LogP contribution is 2.53. The summed E-state index contributed by atoms with van der Waals surface area (Å²) in [5, 5.41) is 10.8. The molecule has 0 bridgehead atoms. The number of hydrogen-bond acceptors (Lipinski definition) is 5. The number of cyclic esters (lactones) is 1. The number of rotatable bonds is 1. The van der Waals surface area contributed by atoms with Gasteiger partial charge >= 0.3 is 5.97 Å². The van der Waals surface area contributed by atoms with Crippen LogP contribution in [-0.4, -0.2) is 24.5 Å². The molecule has 3 aliphatic rings. The number of aliphatic hydroxyl groups excluding tert-OH is 1. The van der Waals surface area contributed by atoms with Gasteiger partial charge in [-0.25, -0.2) is 0 Å². The normalized spacial score (nSPS) is 29.8. The number of ether oxygens (including phenoxy) is 3. The van der Waals surface area contributed by atoms with Crippen molar-refractivity contribution >= 4 is 5.97 Å². The van der Waals surface area contributed by atoms with Crippen molar-refractivity contribution in [3.05, 3.63) is 59.2 Å². The molecule has 2 aliphatic heterocycles. The Morgan fingerprint density at radius 2 is 1.67 bits per heavy atom. The first kappa shape index (κ1) is 13.9. The van der Waals surface area contributed by atoms with E-state index in [9.17, 15) is 9.90 Å². The van der Waals surface area contributed by atoms with E-state index in [2.05, 4.69) is 0 Å². The Morgan fingerprint density at radius 3 is 2.42 bits per heavy atom. The van der Waals surface area contributed by atoms with E-state index in [1.54, 1.807) is 0 Å². The molecule has 0 amide bonds. The number of carbonyl (C=O) groups is 1. The highest BCUT2D eigenvalue weighted by molar-refractivity contribution is 5.78. The fourth-order valence-electron chi connectivity index (χ4n) is 4.19. The van der Waals surface area contributed by atoms with Crippen LogP contribution in [0.15, 0.2) is 42.5 Å². The predicted octanol–water partition coefficient (Wildman–Crippen LogP) is 2.38. The predicted molar refractivity (Wildman–Crippen MR) is 83.7 cm³/mol. The summed E-state index contributed by atoms with van der Waals surface area (Å²) in [4.78, 5) is 12.4. The van der Waals surface area contributed by atoms with Gasteiger partial charge in [-0.05, 0) is 28.8 Å². The van der Waals surface area contributed by atoms with E-state index in [0.29, 0.717) is 11.5 Å². The van der Waals surface area contributed by atoms with E-state index in [1.165, 1.54) is 0 Å². The summed E-state index contributed by atoms with van der Waals surface area (Å²) >= 11 is 0. The number of carbonyl (C=O) groups excluding carboxylic acids is 1. The molecule has 0 aromatic heterocycles. The maximum absolute atomic E-state index is 12.4. The lowest BCUT2D eigenvalue weighted by molar-refractivity contribution is -0.141. The maximum atomic E-state index is 12.4. The molecule has 4 unspecified atom stereocenters. The first-order valence-corrected chi connectivity index (χ1v) is 8.07. The van der Waals surface area contributed by atoms with Crippen LogP contribution in [-0.2, 0) is 9.53 Å². The molecule has 4 atom stereocenters. The third-order valence-corrected chi connectivity index (χ3v) is 5.31. The number of esters is 1. The molecule has 24 heavy (non-hydrogen) atoms. The van der Waals surface area contributed by atoms with E-state index in [0.717, 1.165) is 16.7 Å². The van der Waals surface area contributed by atoms with E-state index in [1.807, 2.05) is 42.5 Å². The quantitative estimate of drug-likeness (QED) is 0.816. The van der Waals surface area contributed by atoms with Crippen molar-refractivity contribution in [2.24, 2.45) is 11.8 Å². The van der Waals surface area contributed by atoms with Gasteiger partial charge in [-0.15, -0.1) is 0 Å². The lowest BCUT2D eigenvalue weighted by Gasteiger charge is -2.36. The van der Waals surface area contributed by atoms with Gasteiger partial charge in [0, 0.05) is 11.8 Å². The molecule has 2 heterocycles. The van der Waals surface area contributed by atoms with Gasteiger partial charge < -0.3 is 19.3 Å². The topological polar surface area (TPSA) is 65.0 Å². The van der Waals surface area contributed by atoms with Crippen molar-refractivity contribution in [2.75, 3.05) is 13.4 Å². The fraction of sp³-hybridized carbons (Fsp3) is 0.316. The van der Waals surface area contributed by atoms with Gasteiger partial charge in [0.05, 0.1) is 18.6 Å². The smallest absolute Gasteiger partial charge is 0.310 e. The van der Waals surface area contributed by atoms with Gasteiger partial charge in [0.15, 0.2) is 11.5 Å². The van der Waals surface area contributed by atoms with Crippen LogP contribution in [0.3, 0.4) is 0 Å². The fourth-order valence-corrected chi connectivity index (χ4v) is 4.19. The highest BCUT2D eigenvalue weighted by Gasteiger charge is 2.51. The molecule has 1 aliphatic carbocycles. The van der Waals surface area contributed by atoms with Gasteiger partial charge in [0.1, 0.15) is 0 Å². The van der Waals surface area contributed by atoms with Gasteiger partial charge in [0.25, 0.3) is 0 Å². The number of hydrogen-bond donors (Lipinski definition) is 1. The average Bonchev–Trinajstić information content (AvgIpc) is 3.22. The first-order valence-electron chi connectivity index (χ1n) is 8.07. The van der Waals surface area contributed by atoms with Crippen molar-refractivity contribution in [2.45, 2.75) is 12.0 Å². The Bertz CT molecular complexity index is 816. The summed E-state index contributed by atoms with van der Waals surface area (Å²) in [6.07, 6.45) is -0.745. The van der Waals surface area contributed by atoms with Crippen LogP contribution in [0.4, 0.5) is 0 Å². The maximum Gasteiger partial charge on any atom is 0.310 e. The van der Waals surface area contributed by atoms with Crippen LogP contribution in [0.5, 0.6) is 11.5 Å². The largest absolute Gasteiger partial charge is 0.465 e. The molecular weight excluding hydrogens is 308 g/mol. The molecule has 0 spiro atoms. The second-order valence-corrected chi connectivity index (χ2v) is 6.49. The van der Waals surface area contributed by atoms with E-state index >= 15 is 0 Å². The van der Waals surface area contributed by atoms with E-state index in [4.69, 9.17) is 14.2 Å². The molecule has 0 saturated carbocycles. The third-order valence-electron chi connectivity index (χ3n) is 5.31. The van der Waals surface area contributed by atoms with Gasteiger partial charge in [0.2, 0.25) is 6.79 Å². The monoisotopic (exact) mass is 324 g/mol. The second kappa shape index (κ2) is 4.98. The van der Waals surface area contributed by atoms with E-state index in [-0.39, 0.29) is 37.1 Å². The Kier molecular flexibility index (Phi) is 2.88. The Morgan fingerprint density at radius 1 is 0.958 bits per heavy atom. The standard InChI is InChI=1S/C19H16O5/c20-18-12-7-15-14(23-9-24-15)6-11(12)16(10-4-2-1-3-5-10)17-13(18)8-22-19(17)21/h1-7,13,16-18,20H,8-9H2. The van der Waals surface area contributed by atoms with Crippen molar-refractivity contribution < 1.29 is 24.1 Å². The molecule has 2 aromatic rings. The van der Waals surface area contributed by atoms with E-state index < -0.39 is 6.10 Å². The molecule has 1 fully saturated rings. The highest BCUT2D eigenvalue weighted by atomic mass is 16.7. The van der Waals surface area contributed by atoms with Crippen LogP contribution >= 0.6 is 0 Å². The van der Waals surface area contributed by atoms with Gasteiger partial charge in [-0.1, -0.05) is 30.3 Å². The number of fused-ring (bicyclic) bond motifs is 3. The molecule has 1 saturated heterocycles. The lowest BCUT2D eigenvalue weighted by atomic mass is 9.66. The zero-order valence-electron chi connectivity index (χ0n) is 12.8. The van der Waals surface area contributed by atoms with Crippen LogP contribution < -0.4 is 9.47 Å². The molecule has 1 N–H and O–H groups in total. The van der Waals surface area contributed by atoms with Crippen LogP contribution in [0.2, 0.25) is 0 Å². The van der Waals surface area contributed by atoms with Crippen molar-refractivity contribution in [3.8, 4) is 11.5 Å². The van der Waals surface area contributed by atoms with Crippen molar-refractivity contribution in [1.82, 2.24) is 0 Å². The summed E-state index contributed by atoms with van der Waals surface area (Å²) in [6, 6.07) is 13.6. The van der Waals surface area contributed by atoms with Crippen LogP contribution in [0.1, 0.15) is 28.7 Å². The molecule has 5 nitrogen and oxygen atoms in total. The Labute approximate surface area is 138 Å². The lowest BCUT2D eigenvalue weighted by Crippen LogP contribution is -2.34. The Hall–Kier alpha value is -2.53. The number of aliphatic hydroxyl groups is 1. The Balaban J connectivity index is 1.75. The summed E-state index contributed by atoms with van der Waals surface area (Å²) < 4.78 is 16.2. The summed E-state index contributed by atoms with van der Waals surface area (Å²) in [6.45, 7) is 0.432. The summed E-state index contributed by atoms with van der Waals surface area (Å²) in [5.41, 5.74) is 2.75. The average molecular weight is 324 g/mol. The van der Waals surface area contributed by atoms with Gasteiger partial charge in [-0.2, -0.15) is 0 Å². The second-order valence-electron chi connectivity index (χ2n) is 6.49. The van der Waals surface area contributed by atoms with Gasteiger partial charge in [-0.3, -0.25) is 4.79 Å². The van der Waals surface area contributed by atoms with Crippen molar-refractivity contribution in [3.63, 3.8) is 0 Å². The SMILES string of the molecule is O=C1OCC2C(O)c3cc4c(cc3C(c3ccccc3)C12)OCO4. The summed E-state index contributed by atoms with van der Waals surface area (Å²) in [5.74, 6) is 0.288. The minimum Gasteiger partial charge on any atom is -0.465 e. The third kappa shape index (κ3) is 1.82. The minimum absolute atomic E-state index is 0.154. The molecule has 5 heteroatoms. The molecule has 2 aromatic carbocycles. The zero-order chi connectivity index (χ0) is 16.3. The number of benzene rings is 2.